The molecule has 0 radical (unpaired) electrons. The Morgan fingerprint density at radius 2 is 1.80 bits per heavy atom. The van der Waals surface area contributed by atoms with Gasteiger partial charge in [-0.2, -0.15) is 0 Å². The van der Waals surface area contributed by atoms with E-state index in [1.165, 1.54) is 23.0 Å². The number of fused-ring (bicyclic) bond motifs is 1. The van der Waals surface area contributed by atoms with Crippen LogP contribution in [0.15, 0.2) is 64.5 Å². The summed E-state index contributed by atoms with van der Waals surface area (Å²) in [5.41, 5.74) is 0.389. The Hall–Kier alpha value is -3.00. The van der Waals surface area contributed by atoms with Crippen LogP contribution < -0.4 is 10.9 Å². The average molecular weight is 357 g/mol. The molecule has 0 saturated carbocycles. The zero-order valence-corrected chi connectivity index (χ0v) is 14.2. The summed E-state index contributed by atoms with van der Waals surface area (Å²) in [4.78, 5) is 28.8. The molecule has 8 heteroatoms. The van der Waals surface area contributed by atoms with Gasteiger partial charge in [-0.25, -0.2) is 13.4 Å². The molecular formula is C17H15N3O4S. The molecule has 1 amide bonds. The van der Waals surface area contributed by atoms with Crippen LogP contribution in [0.1, 0.15) is 0 Å². The van der Waals surface area contributed by atoms with E-state index < -0.39 is 15.7 Å². The van der Waals surface area contributed by atoms with E-state index in [4.69, 9.17) is 0 Å². The molecule has 7 nitrogen and oxygen atoms in total. The molecule has 3 rings (SSSR count). The monoisotopic (exact) mass is 357 g/mol. The van der Waals surface area contributed by atoms with Gasteiger partial charge in [-0.3, -0.25) is 14.2 Å². The molecule has 0 unspecified atom stereocenters. The predicted molar refractivity (Wildman–Crippen MR) is 94.2 cm³/mol. The van der Waals surface area contributed by atoms with Gasteiger partial charge >= 0.3 is 0 Å². The van der Waals surface area contributed by atoms with Gasteiger partial charge in [0.1, 0.15) is 6.54 Å². The first-order valence-electron chi connectivity index (χ1n) is 7.39. The van der Waals surface area contributed by atoms with Gasteiger partial charge in [0, 0.05) is 6.26 Å². The van der Waals surface area contributed by atoms with Crippen LogP contribution in [0.25, 0.3) is 10.9 Å². The normalized spacial score (nSPS) is 11.4. The van der Waals surface area contributed by atoms with E-state index in [1.54, 1.807) is 36.4 Å². The van der Waals surface area contributed by atoms with Gasteiger partial charge in [-0.15, -0.1) is 0 Å². The highest BCUT2D eigenvalue weighted by Gasteiger charge is 2.15. The first-order chi connectivity index (χ1) is 11.9. The molecule has 0 bridgehead atoms. The van der Waals surface area contributed by atoms with Crippen molar-refractivity contribution in [2.24, 2.45) is 0 Å². The third kappa shape index (κ3) is 3.58. The molecular weight excluding hydrogens is 342 g/mol. The van der Waals surface area contributed by atoms with E-state index >= 15 is 0 Å². The van der Waals surface area contributed by atoms with Gasteiger partial charge < -0.3 is 5.32 Å². The summed E-state index contributed by atoms with van der Waals surface area (Å²) in [7, 11) is -3.48. The summed E-state index contributed by atoms with van der Waals surface area (Å²) in [6, 6.07) is 12.9. The number of hydrogen-bond donors (Lipinski definition) is 1. The minimum atomic E-state index is -3.48. The SMILES string of the molecule is CS(=O)(=O)c1ccccc1NC(=O)Cn1cnc2ccccc2c1=O. The zero-order valence-electron chi connectivity index (χ0n) is 13.3. The Bertz CT molecular complexity index is 1120. The number of sulfone groups is 1. The Morgan fingerprint density at radius 1 is 1.12 bits per heavy atom. The number of rotatable bonds is 4. The molecule has 0 saturated heterocycles. The van der Waals surface area contributed by atoms with E-state index in [2.05, 4.69) is 10.3 Å². The van der Waals surface area contributed by atoms with Crippen LogP contribution in [-0.4, -0.2) is 30.1 Å². The van der Waals surface area contributed by atoms with Crippen molar-refractivity contribution in [3.8, 4) is 0 Å². The number of anilines is 1. The van der Waals surface area contributed by atoms with Crippen molar-refractivity contribution >= 4 is 32.3 Å². The van der Waals surface area contributed by atoms with E-state index in [0.717, 1.165) is 6.26 Å². The fraction of sp³-hybridized carbons (Fsp3) is 0.118. The summed E-state index contributed by atoms with van der Waals surface area (Å²) in [6.45, 7) is -0.269. The van der Waals surface area contributed by atoms with E-state index in [-0.39, 0.29) is 22.7 Å². The highest BCUT2D eigenvalue weighted by molar-refractivity contribution is 7.90. The van der Waals surface area contributed by atoms with Crippen molar-refractivity contribution in [3.05, 3.63) is 65.2 Å². The fourth-order valence-corrected chi connectivity index (χ4v) is 3.30. The molecule has 0 aliphatic rings. The zero-order chi connectivity index (χ0) is 18.0. The average Bonchev–Trinajstić information content (AvgIpc) is 2.57. The second-order valence-electron chi connectivity index (χ2n) is 5.51. The molecule has 128 valence electrons. The van der Waals surface area contributed by atoms with E-state index in [9.17, 15) is 18.0 Å². The molecule has 0 atom stereocenters. The van der Waals surface area contributed by atoms with Gasteiger partial charge in [-0.1, -0.05) is 24.3 Å². The summed E-state index contributed by atoms with van der Waals surface area (Å²) in [5, 5.41) is 2.95. The molecule has 2 aromatic carbocycles. The Labute approximate surface area is 143 Å². The molecule has 0 aliphatic heterocycles. The number of nitrogens with zero attached hydrogens (tertiary/aromatic N) is 2. The number of benzene rings is 2. The lowest BCUT2D eigenvalue weighted by Gasteiger charge is -2.11. The summed E-state index contributed by atoms with van der Waals surface area (Å²) >= 11 is 0. The van der Waals surface area contributed by atoms with Crippen molar-refractivity contribution in [2.45, 2.75) is 11.4 Å². The van der Waals surface area contributed by atoms with Crippen LogP contribution in [0, 0.1) is 0 Å². The fourth-order valence-electron chi connectivity index (χ4n) is 2.46. The standard InChI is InChI=1S/C17H15N3O4S/c1-25(23,24)15-9-5-4-8-14(15)19-16(21)10-20-11-18-13-7-3-2-6-12(13)17(20)22/h2-9,11H,10H2,1H3,(H,19,21). The third-order valence-electron chi connectivity index (χ3n) is 3.61. The number of carbonyl (C=O) groups is 1. The van der Waals surface area contributed by atoms with Crippen LogP contribution in [-0.2, 0) is 21.2 Å². The first kappa shape index (κ1) is 16.8. The lowest BCUT2D eigenvalue weighted by atomic mass is 10.2. The van der Waals surface area contributed by atoms with Crippen LogP contribution in [0.5, 0.6) is 0 Å². The Morgan fingerprint density at radius 3 is 2.56 bits per heavy atom. The minimum absolute atomic E-state index is 0.0207. The third-order valence-corrected chi connectivity index (χ3v) is 4.76. The molecule has 3 aromatic rings. The quantitative estimate of drug-likeness (QED) is 0.762. The van der Waals surface area contributed by atoms with Gasteiger partial charge in [0.2, 0.25) is 5.91 Å². The summed E-state index contributed by atoms with van der Waals surface area (Å²) in [6.07, 6.45) is 2.36. The van der Waals surface area contributed by atoms with Gasteiger partial charge in [0.15, 0.2) is 9.84 Å². The molecule has 0 spiro atoms. The summed E-state index contributed by atoms with van der Waals surface area (Å²) in [5.74, 6) is -0.518. The Kier molecular flexibility index (Phi) is 4.37. The van der Waals surface area contributed by atoms with Gasteiger partial charge in [0.25, 0.3) is 5.56 Å². The van der Waals surface area contributed by atoms with Crippen molar-refractivity contribution < 1.29 is 13.2 Å². The molecule has 0 fully saturated rings. The van der Waals surface area contributed by atoms with Crippen LogP contribution in [0.4, 0.5) is 5.69 Å². The number of para-hydroxylation sites is 2. The topological polar surface area (TPSA) is 98.1 Å². The molecule has 1 heterocycles. The van der Waals surface area contributed by atoms with E-state index in [0.29, 0.717) is 10.9 Å². The second kappa shape index (κ2) is 6.48. The van der Waals surface area contributed by atoms with Crippen molar-refractivity contribution in [3.63, 3.8) is 0 Å². The van der Waals surface area contributed by atoms with Gasteiger partial charge in [-0.05, 0) is 24.3 Å². The maximum absolute atomic E-state index is 12.4. The van der Waals surface area contributed by atoms with Gasteiger partial charge in [0.05, 0.1) is 27.8 Å². The lowest BCUT2D eigenvalue weighted by molar-refractivity contribution is -0.116. The second-order valence-corrected chi connectivity index (χ2v) is 7.50. The van der Waals surface area contributed by atoms with Crippen molar-refractivity contribution in [1.29, 1.82) is 0 Å². The molecule has 0 aliphatic carbocycles. The van der Waals surface area contributed by atoms with E-state index in [1.807, 2.05) is 0 Å². The first-order valence-corrected chi connectivity index (χ1v) is 9.28. The molecule has 25 heavy (non-hydrogen) atoms. The largest absolute Gasteiger partial charge is 0.323 e. The number of amides is 1. The van der Waals surface area contributed by atoms with Crippen molar-refractivity contribution in [2.75, 3.05) is 11.6 Å². The number of nitrogens with one attached hydrogen (secondary N) is 1. The number of carbonyl (C=O) groups excluding carboxylic acids is 1. The predicted octanol–water partition coefficient (Wildman–Crippen LogP) is 1.44. The van der Waals surface area contributed by atoms with Crippen LogP contribution in [0.2, 0.25) is 0 Å². The maximum Gasteiger partial charge on any atom is 0.261 e. The minimum Gasteiger partial charge on any atom is -0.323 e. The lowest BCUT2D eigenvalue weighted by Crippen LogP contribution is -2.28. The van der Waals surface area contributed by atoms with Crippen LogP contribution >= 0.6 is 0 Å². The number of aromatic nitrogens is 2. The number of hydrogen-bond acceptors (Lipinski definition) is 5. The highest BCUT2D eigenvalue weighted by Crippen LogP contribution is 2.20. The molecule has 1 N–H and O–H groups in total. The highest BCUT2D eigenvalue weighted by atomic mass is 32.2. The Balaban J connectivity index is 1.88. The van der Waals surface area contributed by atoms with Crippen LogP contribution in [0.3, 0.4) is 0 Å². The maximum atomic E-state index is 12.4. The smallest absolute Gasteiger partial charge is 0.261 e. The van der Waals surface area contributed by atoms with Crippen molar-refractivity contribution in [1.82, 2.24) is 9.55 Å². The molecule has 1 aromatic heterocycles. The summed E-state index contributed by atoms with van der Waals surface area (Å²) < 4.78 is 24.7.